The second-order valence-electron chi connectivity index (χ2n) is 8.59. The van der Waals surface area contributed by atoms with E-state index in [0.717, 1.165) is 5.56 Å². The molecular weight excluding hydrogens is 438 g/mol. The number of benzene rings is 3. The zero-order valence-electron chi connectivity index (χ0n) is 21.0. The molecule has 0 spiro atoms. The lowest BCUT2D eigenvalue weighted by Crippen LogP contribution is -2.24. The Hall–Kier alpha value is -3.57. The van der Waals surface area contributed by atoms with Gasteiger partial charge in [0.2, 0.25) is 0 Å². The van der Waals surface area contributed by atoms with Gasteiger partial charge in [0.25, 0.3) is 0 Å². The highest BCUT2D eigenvalue weighted by Crippen LogP contribution is 2.37. The molecule has 0 unspecified atom stereocenters. The number of aryl methyl sites for hydroxylation is 1. The Bertz CT molecular complexity index is 1230. The van der Waals surface area contributed by atoms with Gasteiger partial charge in [0.05, 0.1) is 5.56 Å². The summed E-state index contributed by atoms with van der Waals surface area (Å²) in [4.78, 5) is 15.6. The normalized spacial score (nSPS) is 13.4. The molecule has 0 radical (unpaired) electrons. The topological polar surface area (TPSA) is 73.9 Å². The van der Waals surface area contributed by atoms with Crippen LogP contribution in [0, 0.1) is 6.92 Å². The van der Waals surface area contributed by atoms with Crippen molar-refractivity contribution in [3.63, 3.8) is 0 Å². The highest BCUT2D eigenvalue weighted by Gasteiger charge is 2.23. The number of piperidine rings is 1. The SMILES string of the molecule is CC.CN1CCCCC1.Cc1ccc(C(=O)c2c(-c3ccc(O)cc3)oc3cc(O)ccc23)cc1. The Morgan fingerprint density at radius 1 is 0.829 bits per heavy atom. The van der Waals surface area contributed by atoms with Crippen LogP contribution in [0.1, 0.15) is 54.6 Å². The van der Waals surface area contributed by atoms with Crippen molar-refractivity contribution in [3.8, 4) is 22.8 Å². The quantitative estimate of drug-likeness (QED) is 0.308. The third-order valence-corrected chi connectivity index (χ3v) is 5.92. The van der Waals surface area contributed by atoms with Gasteiger partial charge in [0, 0.05) is 22.6 Å². The number of hydrogen-bond donors (Lipinski definition) is 2. The number of fused-ring (bicyclic) bond motifs is 1. The molecule has 5 rings (SSSR count). The number of hydrogen-bond acceptors (Lipinski definition) is 5. The Kier molecular flexibility index (Phi) is 9.10. The smallest absolute Gasteiger partial charge is 0.197 e. The minimum atomic E-state index is -0.155. The molecule has 1 aliphatic heterocycles. The summed E-state index contributed by atoms with van der Waals surface area (Å²) in [7, 11) is 2.19. The van der Waals surface area contributed by atoms with Crippen LogP contribution in [0.15, 0.2) is 71.1 Å². The van der Waals surface area contributed by atoms with Gasteiger partial charge in [-0.15, -0.1) is 0 Å². The number of furan rings is 1. The molecule has 5 heteroatoms. The Balaban J connectivity index is 0.000000324. The molecular formula is C30H35NO4. The van der Waals surface area contributed by atoms with Crippen molar-refractivity contribution < 1.29 is 19.4 Å². The fourth-order valence-electron chi connectivity index (χ4n) is 4.03. The van der Waals surface area contributed by atoms with Gasteiger partial charge in [0.15, 0.2) is 5.78 Å². The minimum absolute atomic E-state index is 0.0674. The van der Waals surface area contributed by atoms with Crippen molar-refractivity contribution in [1.29, 1.82) is 0 Å². The van der Waals surface area contributed by atoms with Gasteiger partial charge in [-0.1, -0.05) is 50.1 Å². The molecule has 0 aliphatic carbocycles. The number of nitrogens with zero attached hydrogens (tertiary/aromatic N) is 1. The van der Waals surface area contributed by atoms with E-state index in [-0.39, 0.29) is 17.3 Å². The molecule has 0 bridgehead atoms. The van der Waals surface area contributed by atoms with Gasteiger partial charge in [-0.25, -0.2) is 0 Å². The van der Waals surface area contributed by atoms with Gasteiger partial charge in [-0.3, -0.25) is 4.79 Å². The molecule has 2 heterocycles. The van der Waals surface area contributed by atoms with Crippen LogP contribution in [0.4, 0.5) is 0 Å². The van der Waals surface area contributed by atoms with Gasteiger partial charge < -0.3 is 19.5 Å². The number of carbonyl (C=O) groups is 1. The predicted molar refractivity (Wildman–Crippen MR) is 142 cm³/mol. The maximum absolute atomic E-state index is 13.2. The van der Waals surface area contributed by atoms with Crippen LogP contribution in [-0.2, 0) is 0 Å². The molecule has 1 aliphatic rings. The first-order chi connectivity index (χ1) is 16.9. The molecule has 184 valence electrons. The molecule has 0 amide bonds. The average Bonchev–Trinajstić information content (AvgIpc) is 3.25. The molecule has 1 fully saturated rings. The van der Waals surface area contributed by atoms with Crippen molar-refractivity contribution in [1.82, 2.24) is 4.90 Å². The van der Waals surface area contributed by atoms with E-state index in [9.17, 15) is 15.0 Å². The number of phenols is 2. The Labute approximate surface area is 207 Å². The van der Waals surface area contributed by atoms with E-state index in [4.69, 9.17) is 4.42 Å². The summed E-state index contributed by atoms with van der Waals surface area (Å²) in [6, 6.07) is 18.5. The zero-order chi connectivity index (χ0) is 25.4. The van der Waals surface area contributed by atoms with Crippen molar-refractivity contribution in [2.45, 2.75) is 40.0 Å². The number of carbonyl (C=O) groups excluding carboxylic acids is 1. The summed E-state index contributed by atoms with van der Waals surface area (Å²) < 4.78 is 5.91. The van der Waals surface area contributed by atoms with E-state index in [0.29, 0.717) is 33.4 Å². The molecule has 35 heavy (non-hydrogen) atoms. The lowest BCUT2D eigenvalue weighted by atomic mass is 9.97. The third kappa shape index (κ3) is 6.52. The second kappa shape index (κ2) is 12.2. The maximum atomic E-state index is 13.2. The fraction of sp³-hybridized carbons (Fsp3) is 0.300. The largest absolute Gasteiger partial charge is 0.508 e. The van der Waals surface area contributed by atoms with Gasteiger partial charge in [-0.2, -0.15) is 0 Å². The number of likely N-dealkylation sites (tertiary alicyclic amines) is 1. The van der Waals surface area contributed by atoms with Crippen molar-refractivity contribution in [2.75, 3.05) is 20.1 Å². The zero-order valence-corrected chi connectivity index (χ0v) is 21.0. The number of phenolic OH excluding ortho intramolecular Hbond substituents is 2. The lowest BCUT2D eigenvalue weighted by molar-refractivity contribution is 0.104. The Morgan fingerprint density at radius 3 is 2.00 bits per heavy atom. The minimum Gasteiger partial charge on any atom is -0.508 e. The van der Waals surface area contributed by atoms with E-state index in [1.807, 2.05) is 32.9 Å². The summed E-state index contributed by atoms with van der Waals surface area (Å²) in [5.74, 6) is 0.459. The summed E-state index contributed by atoms with van der Waals surface area (Å²) in [5, 5.41) is 19.9. The van der Waals surface area contributed by atoms with Crippen LogP contribution in [0.25, 0.3) is 22.3 Å². The van der Waals surface area contributed by atoms with Gasteiger partial charge in [-0.05, 0) is 76.3 Å². The van der Waals surface area contributed by atoms with Crippen LogP contribution < -0.4 is 0 Å². The van der Waals surface area contributed by atoms with Crippen LogP contribution in [0.5, 0.6) is 11.5 Å². The maximum Gasteiger partial charge on any atom is 0.197 e. The van der Waals surface area contributed by atoms with Crippen molar-refractivity contribution in [3.05, 3.63) is 83.4 Å². The molecule has 3 aromatic carbocycles. The molecule has 2 N–H and O–H groups in total. The van der Waals surface area contributed by atoms with E-state index in [1.54, 1.807) is 42.5 Å². The van der Waals surface area contributed by atoms with Gasteiger partial charge in [0.1, 0.15) is 22.8 Å². The first-order valence-corrected chi connectivity index (χ1v) is 12.3. The highest BCUT2D eigenvalue weighted by atomic mass is 16.3. The average molecular weight is 474 g/mol. The number of aromatic hydroxyl groups is 2. The first kappa shape index (κ1) is 26.0. The van der Waals surface area contributed by atoms with E-state index in [1.165, 1.54) is 44.5 Å². The number of ketones is 1. The van der Waals surface area contributed by atoms with E-state index in [2.05, 4.69) is 11.9 Å². The van der Waals surface area contributed by atoms with Crippen LogP contribution in [0.3, 0.4) is 0 Å². The molecule has 0 atom stereocenters. The molecule has 4 aromatic rings. The summed E-state index contributed by atoms with van der Waals surface area (Å²) >= 11 is 0. The van der Waals surface area contributed by atoms with Crippen molar-refractivity contribution >= 4 is 16.8 Å². The Morgan fingerprint density at radius 2 is 1.43 bits per heavy atom. The van der Waals surface area contributed by atoms with E-state index >= 15 is 0 Å². The molecule has 0 saturated carbocycles. The van der Waals surface area contributed by atoms with Crippen LogP contribution in [-0.4, -0.2) is 41.0 Å². The van der Waals surface area contributed by atoms with Crippen LogP contribution in [0.2, 0.25) is 0 Å². The van der Waals surface area contributed by atoms with Crippen LogP contribution >= 0.6 is 0 Å². The second-order valence-corrected chi connectivity index (χ2v) is 8.59. The fourth-order valence-corrected chi connectivity index (χ4v) is 4.03. The molecule has 1 aromatic heterocycles. The van der Waals surface area contributed by atoms with Gasteiger partial charge >= 0.3 is 0 Å². The van der Waals surface area contributed by atoms with E-state index < -0.39 is 0 Å². The first-order valence-electron chi connectivity index (χ1n) is 12.3. The standard InChI is InChI=1S/C22H16O4.C6H13N.C2H6/c1-13-2-4-14(5-3-13)21(25)20-18-11-10-17(24)12-19(18)26-22(20)15-6-8-16(23)9-7-15;1-7-5-3-2-4-6-7;1-2/h2-12,23-24H,1H3;2-6H2,1H3;1-2H3. The molecule has 5 nitrogen and oxygen atoms in total. The summed E-state index contributed by atoms with van der Waals surface area (Å²) in [5.41, 5.74) is 3.18. The summed E-state index contributed by atoms with van der Waals surface area (Å²) in [6.07, 6.45) is 4.28. The molecule has 1 saturated heterocycles. The highest BCUT2D eigenvalue weighted by molar-refractivity contribution is 6.19. The number of rotatable bonds is 3. The van der Waals surface area contributed by atoms with Crippen molar-refractivity contribution in [2.24, 2.45) is 0 Å². The lowest BCUT2D eigenvalue weighted by Gasteiger charge is -2.20. The third-order valence-electron chi connectivity index (χ3n) is 5.92. The summed E-state index contributed by atoms with van der Waals surface area (Å²) in [6.45, 7) is 8.60. The predicted octanol–water partition coefficient (Wildman–Crippen LogP) is 7.18. The monoisotopic (exact) mass is 473 g/mol.